The van der Waals surface area contributed by atoms with Crippen LogP contribution in [0.2, 0.25) is 0 Å². The first-order valence-corrected chi connectivity index (χ1v) is 8.62. The van der Waals surface area contributed by atoms with Crippen LogP contribution in [0.25, 0.3) is 0 Å². The number of thiocarbonyl (C=S) groups is 1. The molecule has 136 valence electrons. The Morgan fingerprint density at radius 2 is 1.88 bits per heavy atom. The predicted octanol–water partition coefficient (Wildman–Crippen LogP) is 1.92. The number of hydrogen-bond donors (Lipinski definition) is 2. The van der Waals surface area contributed by atoms with Crippen LogP contribution >= 0.6 is 12.2 Å². The normalized spacial score (nSPS) is 14.6. The summed E-state index contributed by atoms with van der Waals surface area (Å²) in [5.41, 5.74) is 0.502. The van der Waals surface area contributed by atoms with Gasteiger partial charge in [0.25, 0.3) is 5.91 Å². The van der Waals surface area contributed by atoms with Gasteiger partial charge < -0.3 is 19.7 Å². The van der Waals surface area contributed by atoms with E-state index in [2.05, 4.69) is 10.6 Å². The quantitative estimate of drug-likeness (QED) is 0.794. The highest BCUT2D eigenvalue weighted by molar-refractivity contribution is 7.80. The van der Waals surface area contributed by atoms with E-state index in [0.717, 1.165) is 12.8 Å². The van der Waals surface area contributed by atoms with Crippen LogP contribution in [0.3, 0.4) is 0 Å². The molecular weight excluding hydrogens is 342 g/mol. The van der Waals surface area contributed by atoms with Crippen molar-refractivity contribution in [3.05, 3.63) is 29.8 Å². The Morgan fingerprint density at radius 1 is 1.24 bits per heavy atom. The predicted molar refractivity (Wildman–Crippen MR) is 97.8 cm³/mol. The third kappa shape index (κ3) is 5.60. The van der Waals surface area contributed by atoms with Gasteiger partial charge in [-0.15, -0.1) is 0 Å². The zero-order valence-corrected chi connectivity index (χ0v) is 15.2. The van der Waals surface area contributed by atoms with E-state index in [4.69, 9.17) is 21.7 Å². The third-order valence-electron chi connectivity index (χ3n) is 3.94. The molecule has 2 N–H and O–H groups in total. The van der Waals surface area contributed by atoms with Crippen LogP contribution in [-0.4, -0.2) is 54.9 Å². The second-order valence-electron chi connectivity index (χ2n) is 5.62. The molecule has 8 heteroatoms. The summed E-state index contributed by atoms with van der Waals surface area (Å²) >= 11 is 5.21. The third-order valence-corrected chi connectivity index (χ3v) is 4.16. The van der Waals surface area contributed by atoms with E-state index in [9.17, 15) is 9.59 Å². The van der Waals surface area contributed by atoms with Gasteiger partial charge in [-0.1, -0.05) is 0 Å². The number of rotatable bonds is 4. The van der Waals surface area contributed by atoms with Crippen LogP contribution in [0.4, 0.5) is 4.79 Å². The minimum absolute atomic E-state index is 0.120. The summed E-state index contributed by atoms with van der Waals surface area (Å²) in [7, 11) is 1.57. The summed E-state index contributed by atoms with van der Waals surface area (Å²) in [6.45, 7) is 3.37. The fourth-order valence-electron chi connectivity index (χ4n) is 2.56. The number of piperidine rings is 1. The first kappa shape index (κ1) is 19.0. The Balaban J connectivity index is 1.77. The lowest BCUT2D eigenvalue weighted by Gasteiger charge is -2.32. The Bertz CT molecular complexity index is 613. The number of benzene rings is 1. The maximum atomic E-state index is 12.2. The number of hydrogen-bond acceptors (Lipinski definition) is 5. The number of ether oxygens (including phenoxy) is 2. The Labute approximate surface area is 152 Å². The van der Waals surface area contributed by atoms with E-state index >= 15 is 0 Å². The molecule has 0 saturated carbocycles. The van der Waals surface area contributed by atoms with Gasteiger partial charge in [-0.2, -0.15) is 0 Å². The first-order chi connectivity index (χ1) is 12.0. The SMILES string of the molecule is CCOC(=O)N1CCC(NC(=S)NC(=O)c2ccc(OC)cc2)CC1. The van der Waals surface area contributed by atoms with Gasteiger partial charge in [-0.25, -0.2) is 4.79 Å². The highest BCUT2D eigenvalue weighted by atomic mass is 32.1. The van der Waals surface area contributed by atoms with Crippen molar-refractivity contribution in [1.82, 2.24) is 15.5 Å². The van der Waals surface area contributed by atoms with Gasteiger partial charge in [-0.05, 0) is 56.2 Å². The van der Waals surface area contributed by atoms with E-state index in [0.29, 0.717) is 31.0 Å². The van der Waals surface area contributed by atoms with Gasteiger partial charge in [0.15, 0.2) is 5.11 Å². The van der Waals surface area contributed by atoms with Crippen molar-refractivity contribution in [2.24, 2.45) is 0 Å². The van der Waals surface area contributed by atoms with Crippen LogP contribution in [0.1, 0.15) is 30.1 Å². The minimum Gasteiger partial charge on any atom is -0.497 e. The monoisotopic (exact) mass is 365 g/mol. The van der Waals surface area contributed by atoms with Crippen molar-refractivity contribution >= 4 is 29.3 Å². The topological polar surface area (TPSA) is 79.9 Å². The molecule has 1 aliphatic rings. The Morgan fingerprint density at radius 3 is 2.44 bits per heavy atom. The summed E-state index contributed by atoms with van der Waals surface area (Å²) in [5, 5.41) is 6.09. The number of carbonyl (C=O) groups is 2. The van der Waals surface area contributed by atoms with Crippen LogP contribution in [-0.2, 0) is 4.74 Å². The van der Waals surface area contributed by atoms with E-state index < -0.39 is 0 Å². The van der Waals surface area contributed by atoms with Crippen LogP contribution < -0.4 is 15.4 Å². The van der Waals surface area contributed by atoms with Crippen LogP contribution in [0.15, 0.2) is 24.3 Å². The summed E-state index contributed by atoms with van der Waals surface area (Å²) in [5.74, 6) is 0.412. The van der Waals surface area contributed by atoms with Gasteiger partial charge in [0.2, 0.25) is 0 Å². The molecule has 0 radical (unpaired) electrons. The van der Waals surface area contributed by atoms with Gasteiger partial charge in [0.05, 0.1) is 13.7 Å². The van der Waals surface area contributed by atoms with Gasteiger partial charge in [0.1, 0.15) is 5.75 Å². The van der Waals surface area contributed by atoms with Crippen molar-refractivity contribution in [3.63, 3.8) is 0 Å². The molecule has 1 fully saturated rings. The van der Waals surface area contributed by atoms with Crippen molar-refractivity contribution in [2.45, 2.75) is 25.8 Å². The molecule has 0 aliphatic carbocycles. The number of amides is 2. The van der Waals surface area contributed by atoms with E-state index in [1.54, 1.807) is 43.2 Å². The molecule has 1 saturated heterocycles. The van der Waals surface area contributed by atoms with Crippen molar-refractivity contribution in [2.75, 3.05) is 26.8 Å². The number of methoxy groups -OCH3 is 1. The minimum atomic E-state index is -0.281. The lowest BCUT2D eigenvalue weighted by atomic mass is 10.1. The van der Waals surface area contributed by atoms with Crippen molar-refractivity contribution in [1.29, 1.82) is 0 Å². The molecule has 0 bridgehead atoms. The lowest BCUT2D eigenvalue weighted by molar-refractivity contribution is 0.0962. The van der Waals surface area contributed by atoms with Gasteiger partial charge in [0, 0.05) is 24.7 Å². The molecule has 0 aromatic heterocycles. The Hall–Kier alpha value is -2.35. The molecule has 2 amide bonds. The van der Waals surface area contributed by atoms with Crippen LogP contribution in [0.5, 0.6) is 5.75 Å². The summed E-state index contributed by atoms with van der Waals surface area (Å²) in [6, 6.07) is 6.91. The van der Waals surface area contributed by atoms with E-state index in [-0.39, 0.29) is 23.2 Å². The highest BCUT2D eigenvalue weighted by Crippen LogP contribution is 2.12. The summed E-state index contributed by atoms with van der Waals surface area (Å²) in [6.07, 6.45) is 1.21. The zero-order valence-electron chi connectivity index (χ0n) is 14.4. The van der Waals surface area contributed by atoms with Crippen LogP contribution in [0, 0.1) is 0 Å². The maximum Gasteiger partial charge on any atom is 0.409 e. The lowest BCUT2D eigenvalue weighted by Crippen LogP contribution is -2.50. The largest absolute Gasteiger partial charge is 0.497 e. The zero-order chi connectivity index (χ0) is 18.2. The number of nitrogens with one attached hydrogen (secondary N) is 2. The molecular formula is C17H23N3O4S. The first-order valence-electron chi connectivity index (χ1n) is 8.21. The molecule has 1 aromatic rings. The second kappa shape index (κ2) is 9.22. The van der Waals surface area contributed by atoms with Crippen molar-refractivity contribution in [3.8, 4) is 5.75 Å². The standard InChI is InChI=1S/C17H23N3O4S/c1-3-24-17(22)20-10-8-13(9-11-20)18-16(25)19-15(21)12-4-6-14(23-2)7-5-12/h4-7,13H,3,8-11H2,1-2H3,(H2,18,19,21,25). The Kier molecular flexibility index (Phi) is 7.00. The number of carbonyl (C=O) groups excluding carboxylic acids is 2. The van der Waals surface area contributed by atoms with Gasteiger partial charge in [-0.3, -0.25) is 10.1 Å². The fourth-order valence-corrected chi connectivity index (χ4v) is 2.82. The molecule has 25 heavy (non-hydrogen) atoms. The molecule has 0 spiro atoms. The fraction of sp³-hybridized carbons (Fsp3) is 0.471. The molecule has 0 unspecified atom stereocenters. The smallest absolute Gasteiger partial charge is 0.409 e. The number of likely N-dealkylation sites (tertiary alicyclic amines) is 1. The maximum absolute atomic E-state index is 12.2. The number of nitrogens with zero attached hydrogens (tertiary/aromatic N) is 1. The van der Waals surface area contributed by atoms with E-state index in [1.807, 2.05) is 0 Å². The summed E-state index contributed by atoms with van der Waals surface area (Å²) < 4.78 is 10.1. The molecule has 1 heterocycles. The average Bonchev–Trinajstić information content (AvgIpc) is 2.62. The molecule has 2 rings (SSSR count). The molecule has 7 nitrogen and oxygen atoms in total. The molecule has 1 aliphatic heterocycles. The highest BCUT2D eigenvalue weighted by Gasteiger charge is 2.24. The van der Waals surface area contributed by atoms with Gasteiger partial charge >= 0.3 is 6.09 Å². The van der Waals surface area contributed by atoms with Crippen molar-refractivity contribution < 1.29 is 19.1 Å². The summed E-state index contributed by atoms with van der Waals surface area (Å²) in [4.78, 5) is 25.5. The second-order valence-corrected chi connectivity index (χ2v) is 6.02. The average molecular weight is 365 g/mol. The molecule has 1 aromatic carbocycles. The molecule has 0 atom stereocenters. The van der Waals surface area contributed by atoms with E-state index in [1.165, 1.54) is 0 Å².